The molecule has 0 spiro atoms. The van der Waals surface area contributed by atoms with Crippen LogP contribution in [-0.2, 0) is 10.2 Å². The summed E-state index contributed by atoms with van der Waals surface area (Å²) in [6, 6.07) is 16.9. The summed E-state index contributed by atoms with van der Waals surface area (Å²) in [6.45, 7) is 4.45. The van der Waals surface area contributed by atoms with Gasteiger partial charge >= 0.3 is 6.09 Å². The molecule has 1 amide bonds. The van der Waals surface area contributed by atoms with E-state index in [1.807, 2.05) is 30.3 Å². The lowest BCUT2D eigenvalue weighted by Gasteiger charge is -2.35. The van der Waals surface area contributed by atoms with Gasteiger partial charge in [-0.3, -0.25) is 5.32 Å². The molecule has 6 nitrogen and oxygen atoms in total. The second kappa shape index (κ2) is 11.2. The van der Waals surface area contributed by atoms with Crippen LogP contribution in [0.3, 0.4) is 0 Å². The molecule has 0 bridgehead atoms. The van der Waals surface area contributed by atoms with Crippen LogP contribution in [0.4, 0.5) is 4.79 Å². The van der Waals surface area contributed by atoms with Gasteiger partial charge in [0.15, 0.2) is 6.23 Å². The highest BCUT2D eigenvalue weighted by Crippen LogP contribution is 2.50. The van der Waals surface area contributed by atoms with Gasteiger partial charge < -0.3 is 15.2 Å². The van der Waals surface area contributed by atoms with Crippen LogP contribution in [0.25, 0.3) is 0 Å². The minimum absolute atomic E-state index is 0.0301. The fraction of sp³-hybridized carbons (Fsp3) is 0.440. The van der Waals surface area contributed by atoms with Gasteiger partial charge in [0.2, 0.25) is 0 Å². The zero-order chi connectivity index (χ0) is 24.0. The minimum Gasteiger partial charge on any atom is -0.430 e. The van der Waals surface area contributed by atoms with Crippen LogP contribution in [0.2, 0.25) is 10.0 Å². The molecule has 0 radical (unpaired) electrons. The van der Waals surface area contributed by atoms with Crippen molar-refractivity contribution in [2.45, 2.75) is 50.3 Å². The number of carbonyl (C=O) groups is 1. The summed E-state index contributed by atoms with van der Waals surface area (Å²) < 4.78 is 5.82. The molecule has 0 saturated carbocycles. The first-order valence-electron chi connectivity index (χ1n) is 11.1. The van der Waals surface area contributed by atoms with E-state index in [2.05, 4.69) is 30.6 Å². The van der Waals surface area contributed by atoms with E-state index in [0.717, 1.165) is 11.1 Å². The van der Waals surface area contributed by atoms with Gasteiger partial charge in [-0.05, 0) is 54.2 Å². The third-order valence-electron chi connectivity index (χ3n) is 5.97. The predicted molar refractivity (Wildman–Crippen MR) is 129 cm³/mol. The highest BCUT2D eigenvalue weighted by atomic mass is 35.5. The summed E-state index contributed by atoms with van der Waals surface area (Å²) in [5.41, 5.74) is 0.561. The van der Waals surface area contributed by atoms with Crippen molar-refractivity contribution in [3.05, 3.63) is 69.7 Å². The van der Waals surface area contributed by atoms with Crippen LogP contribution in [-0.4, -0.2) is 36.6 Å². The normalized spacial score (nSPS) is 24.5. The molecule has 8 heteroatoms. The molecule has 0 aliphatic carbocycles. The average molecular weight is 490 g/mol. The lowest BCUT2D eigenvalue weighted by molar-refractivity contribution is 0.0747. The topological polar surface area (TPSA) is 94.4 Å². The first-order valence-corrected chi connectivity index (χ1v) is 11.8. The summed E-state index contributed by atoms with van der Waals surface area (Å²) in [5, 5.41) is 26.9. The number of aliphatic hydroxyl groups excluding tert-OH is 1. The Morgan fingerprint density at radius 1 is 1.24 bits per heavy atom. The first kappa shape index (κ1) is 25.3. The maximum atomic E-state index is 12.5. The second-order valence-corrected chi connectivity index (χ2v) is 9.57. The molecule has 176 valence electrons. The standard InChI is InChI=1S/C25H29Cl2N3O3/c1-16(2)13-21-25(15-28,18-7-9-19(26)10-8-18)22(17-5-3-6-20(27)14-17)23(30-21)33-24(32)29-11-4-12-31/h3,5-10,14,16,21-23,30-31H,4,11-13H2,1-2H3,(H,29,32)/t21-,22-,23+,25-/m0/s1. The van der Waals surface area contributed by atoms with Crippen molar-refractivity contribution in [2.24, 2.45) is 5.92 Å². The van der Waals surface area contributed by atoms with Gasteiger partial charge in [-0.2, -0.15) is 5.26 Å². The molecule has 3 rings (SSSR count). The molecule has 3 N–H and O–H groups in total. The highest BCUT2D eigenvalue weighted by molar-refractivity contribution is 6.30. The van der Waals surface area contributed by atoms with Gasteiger partial charge in [0.25, 0.3) is 0 Å². The number of rotatable bonds is 8. The zero-order valence-corrected chi connectivity index (χ0v) is 20.2. The second-order valence-electron chi connectivity index (χ2n) is 8.70. The third-order valence-corrected chi connectivity index (χ3v) is 6.46. The Hall–Kier alpha value is -2.30. The monoisotopic (exact) mass is 489 g/mol. The van der Waals surface area contributed by atoms with Crippen molar-refractivity contribution in [1.82, 2.24) is 10.6 Å². The van der Waals surface area contributed by atoms with Crippen molar-refractivity contribution < 1.29 is 14.6 Å². The van der Waals surface area contributed by atoms with Gasteiger partial charge in [-0.15, -0.1) is 0 Å². The fourth-order valence-electron chi connectivity index (χ4n) is 4.59. The SMILES string of the molecule is CC(C)C[C@@H]1N[C@H](OC(=O)NCCCO)[C@H](c2cccc(Cl)c2)[C@@]1(C#N)c1ccc(Cl)cc1. The molecule has 1 saturated heterocycles. The largest absolute Gasteiger partial charge is 0.430 e. The number of aliphatic hydroxyl groups is 1. The lowest BCUT2D eigenvalue weighted by atomic mass is 9.65. The molecule has 1 aliphatic heterocycles. The van der Waals surface area contributed by atoms with E-state index in [-0.39, 0.29) is 12.6 Å². The molecule has 1 fully saturated rings. The maximum Gasteiger partial charge on any atom is 0.408 e. The van der Waals surface area contributed by atoms with E-state index >= 15 is 0 Å². The van der Waals surface area contributed by atoms with E-state index in [1.54, 1.807) is 18.2 Å². The van der Waals surface area contributed by atoms with Gasteiger partial charge in [-0.25, -0.2) is 4.79 Å². The van der Waals surface area contributed by atoms with E-state index in [0.29, 0.717) is 35.3 Å². The van der Waals surface area contributed by atoms with Crippen LogP contribution in [0.15, 0.2) is 48.5 Å². The van der Waals surface area contributed by atoms with E-state index in [4.69, 9.17) is 33.0 Å². The molecule has 0 aromatic heterocycles. The number of nitrogens with zero attached hydrogens (tertiary/aromatic N) is 1. The smallest absolute Gasteiger partial charge is 0.408 e. The molecular formula is C25H29Cl2N3O3. The lowest BCUT2D eigenvalue weighted by Crippen LogP contribution is -2.42. The van der Waals surface area contributed by atoms with Gasteiger partial charge in [0, 0.05) is 29.2 Å². The number of hydrogen-bond acceptors (Lipinski definition) is 5. The summed E-state index contributed by atoms with van der Waals surface area (Å²) in [7, 11) is 0. The minimum atomic E-state index is -1.03. The zero-order valence-electron chi connectivity index (χ0n) is 18.7. The fourth-order valence-corrected chi connectivity index (χ4v) is 4.92. The van der Waals surface area contributed by atoms with Crippen molar-refractivity contribution in [3.8, 4) is 6.07 Å². The number of halogens is 2. The Bertz CT molecular complexity index is 993. The number of carbonyl (C=O) groups excluding carboxylic acids is 1. The highest BCUT2D eigenvalue weighted by Gasteiger charge is 2.58. The van der Waals surface area contributed by atoms with Crippen LogP contribution in [0.5, 0.6) is 0 Å². The van der Waals surface area contributed by atoms with E-state index in [1.165, 1.54) is 0 Å². The van der Waals surface area contributed by atoms with Gasteiger partial charge in [-0.1, -0.05) is 61.3 Å². The Kier molecular flexibility index (Phi) is 8.61. The summed E-state index contributed by atoms with van der Waals surface area (Å²) >= 11 is 12.5. The molecule has 4 atom stereocenters. The number of hydrogen-bond donors (Lipinski definition) is 3. The Morgan fingerprint density at radius 2 is 1.97 bits per heavy atom. The molecule has 33 heavy (non-hydrogen) atoms. The Labute approximate surface area is 204 Å². The van der Waals surface area contributed by atoms with Crippen LogP contribution >= 0.6 is 23.2 Å². The maximum absolute atomic E-state index is 12.5. The quantitative estimate of drug-likeness (QED) is 0.454. The summed E-state index contributed by atoms with van der Waals surface area (Å²) in [6.07, 6.45) is -0.259. The number of alkyl carbamates (subject to hydrolysis) is 1. The number of ether oxygens (including phenoxy) is 1. The van der Waals surface area contributed by atoms with Crippen molar-refractivity contribution in [2.75, 3.05) is 13.2 Å². The van der Waals surface area contributed by atoms with Crippen LogP contribution < -0.4 is 10.6 Å². The van der Waals surface area contributed by atoms with Crippen molar-refractivity contribution in [3.63, 3.8) is 0 Å². The molecule has 1 aliphatic rings. The summed E-state index contributed by atoms with van der Waals surface area (Å²) in [5.74, 6) is -0.227. The van der Waals surface area contributed by atoms with Gasteiger partial charge in [0.05, 0.1) is 12.0 Å². The third kappa shape index (κ3) is 5.62. The molecular weight excluding hydrogens is 461 g/mol. The van der Waals surface area contributed by atoms with Gasteiger partial charge in [0.1, 0.15) is 5.41 Å². The summed E-state index contributed by atoms with van der Waals surface area (Å²) in [4.78, 5) is 12.5. The Balaban J connectivity index is 2.11. The molecule has 2 aromatic rings. The average Bonchev–Trinajstić information content (AvgIpc) is 3.07. The van der Waals surface area contributed by atoms with Crippen LogP contribution in [0, 0.1) is 17.2 Å². The predicted octanol–water partition coefficient (Wildman–Crippen LogP) is 4.99. The van der Waals surface area contributed by atoms with Crippen molar-refractivity contribution in [1.29, 1.82) is 5.26 Å². The van der Waals surface area contributed by atoms with E-state index < -0.39 is 23.7 Å². The first-order chi connectivity index (χ1) is 15.8. The van der Waals surface area contributed by atoms with Crippen LogP contribution in [0.1, 0.15) is 43.7 Å². The van der Waals surface area contributed by atoms with Crippen molar-refractivity contribution >= 4 is 29.3 Å². The number of nitrogens with one attached hydrogen (secondary N) is 2. The molecule has 0 unspecified atom stereocenters. The van der Waals surface area contributed by atoms with E-state index in [9.17, 15) is 10.1 Å². The number of amides is 1. The number of nitriles is 1. The molecule has 2 aromatic carbocycles. The Morgan fingerprint density at radius 3 is 2.58 bits per heavy atom. The molecule has 1 heterocycles. The number of benzene rings is 2.